The zero-order valence-corrected chi connectivity index (χ0v) is 13.7. The molecule has 3 unspecified atom stereocenters. The lowest BCUT2D eigenvalue weighted by Crippen LogP contribution is -2.38. The molecule has 2 fully saturated rings. The average molecular weight is 384 g/mol. The van der Waals surface area contributed by atoms with Gasteiger partial charge in [0.2, 0.25) is 10.0 Å². The number of carboxylic acid groups (broad SMARTS) is 1. The summed E-state index contributed by atoms with van der Waals surface area (Å²) in [4.78, 5) is 10.8. The monoisotopic (exact) mass is 383 g/mol. The van der Waals surface area contributed by atoms with Crippen LogP contribution in [0.2, 0.25) is 5.02 Å². The van der Waals surface area contributed by atoms with E-state index in [4.69, 9.17) is 11.6 Å². The second-order valence-corrected chi connectivity index (χ2v) is 8.18. The lowest BCUT2D eigenvalue weighted by atomic mass is 9.89. The first-order chi connectivity index (χ1) is 11.0. The van der Waals surface area contributed by atoms with Gasteiger partial charge in [0.1, 0.15) is 4.90 Å². The Bertz CT molecular complexity index is 796. The van der Waals surface area contributed by atoms with Gasteiger partial charge in [-0.1, -0.05) is 11.6 Å². The van der Waals surface area contributed by atoms with E-state index >= 15 is 0 Å². The van der Waals surface area contributed by atoms with Gasteiger partial charge in [-0.15, -0.1) is 0 Å². The number of nitrogens with zero attached hydrogens (tertiary/aromatic N) is 1. The fourth-order valence-electron chi connectivity index (χ4n) is 3.58. The normalized spacial score (nSPS) is 27.6. The van der Waals surface area contributed by atoms with Crippen molar-refractivity contribution in [2.24, 2.45) is 5.92 Å². The van der Waals surface area contributed by atoms with Gasteiger partial charge < -0.3 is 5.11 Å². The predicted molar refractivity (Wildman–Crippen MR) is 78.0 cm³/mol. The Hall–Kier alpha value is -1.32. The standard InChI is InChI=1S/C14H13ClF3NO4S/c15-10-5-7(14(16,17)18)1-4-12(10)24(22,23)19-8-2-3-11(19)9(6-8)13(20)21/h1,4-5,8-9,11H,2-3,6H2,(H,20,21). The summed E-state index contributed by atoms with van der Waals surface area (Å²) < 4.78 is 64.8. The van der Waals surface area contributed by atoms with Crippen LogP contribution in [0.4, 0.5) is 13.2 Å². The van der Waals surface area contributed by atoms with Gasteiger partial charge in [0.05, 0.1) is 16.5 Å². The van der Waals surface area contributed by atoms with Crippen LogP contribution in [0.25, 0.3) is 0 Å². The number of sulfonamides is 1. The molecule has 10 heteroatoms. The van der Waals surface area contributed by atoms with Crippen molar-refractivity contribution in [2.45, 2.75) is 42.4 Å². The Balaban J connectivity index is 1.99. The molecule has 0 saturated carbocycles. The molecule has 0 spiro atoms. The summed E-state index contributed by atoms with van der Waals surface area (Å²) in [6, 6.07) is 0.913. The molecule has 5 nitrogen and oxygen atoms in total. The second kappa shape index (κ2) is 5.60. The van der Waals surface area contributed by atoms with Crippen molar-refractivity contribution in [3.05, 3.63) is 28.8 Å². The molecule has 1 N–H and O–H groups in total. The Morgan fingerprint density at radius 3 is 2.46 bits per heavy atom. The van der Waals surface area contributed by atoms with E-state index in [9.17, 15) is 31.5 Å². The molecule has 1 aromatic carbocycles. The summed E-state index contributed by atoms with van der Waals surface area (Å²) in [5, 5.41) is 8.67. The van der Waals surface area contributed by atoms with Crippen LogP contribution in [-0.4, -0.2) is 35.9 Å². The topological polar surface area (TPSA) is 74.7 Å². The third kappa shape index (κ3) is 2.68. The molecule has 0 aliphatic carbocycles. The van der Waals surface area contributed by atoms with Crippen LogP contribution in [0, 0.1) is 5.92 Å². The predicted octanol–water partition coefficient (Wildman–Crippen LogP) is 2.99. The zero-order valence-electron chi connectivity index (χ0n) is 12.1. The van der Waals surface area contributed by atoms with Crippen molar-refractivity contribution < 1.29 is 31.5 Å². The molecule has 2 heterocycles. The molecule has 0 aromatic heterocycles. The molecule has 2 bridgehead atoms. The molecule has 1 aromatic rings. The SMILES string of the molecule is O=C(O)C1CC2CCC1N2S(=O)(=O)c1ccc(C(F)(F)F)cc1Cl. The van der Waals surface area contributed by atoms with E-state index in [0.29, 0.717) is 25.0 Å². The molecular weight excluding hydrogens is 371 g/mol. The van der Waals surface area contributed by atoms with E-state index in [1.54, 1.807) is 0 Å². The van der Waals surface area contributed by atoms with Gasteiger partial charge in [0.15, 0.2) is 0 Å². The lowest BCUT2D eigenvalue weighted by Gasteiger charge is -2.23. The molecule has 24 heavy (non-hydrogen) atoms. The summed E-state index contributed by atoms with van der Waals surface area (Å²) in [6.45, 7) is 0. The molecule has 2 saturated heterocycles. The van der Waals surface area contributed by atoms with Gasteiger partial charge in [-0.3, -0.25) is 4.79 Å². The summed E-state index contributed by atoms with van der Waals surface area (Å²) in [6.07, 6.45) is -3.48. The number of hydrogen-bond acceptors (Lipinski definition) is 3. The Morgan fingerprint density at radius 2 is 1.96 bits per heavy atom. The highest BCUT2D eigenvalue weighted by molar-refractivity contribution is 7.89. The van der Waals surface area contributed by atoms with E-state index in [0.717, 1.165) is 10.4 Å². The van der Waals surface area contributed by atoms with Crippen molar-refractivity contribution in [3.8, 4) is 0 Å². The van der Waals surface area contributed by atoms with Crippen LogP contribution in [0.3, 0.4) is 0 Å². The minimum Gasteiger partial charge on any atom is -0.481 e. The van der Waals surface area contributed by atoms with Crippen molar-refractivity contribution in [1.29, 1.82) is 0 Å². The number of halogens is 4. The van der Waals surface area contributed by atoms with Crippen LogP contribution < -0.4 is 0 Å². The lowest BCUT2D eigenvalue weighted by molar-refractivity contribution is -0.142. The fourth-order valence-corrected chi connectivity index (χ4v) is 6.02. The van der Waals surface area contributed by atoms with E-state index in [1.807, 2.05) is 0 Å². The van der Waals surface area contributed by atoms with Gasteiger partial charge in [0, 0.05) is 12.1 Å². The molecule has 132 valence electrons. The minimum absolute atomic E-state index is 0.206. The quantitative estimate of drug-likeness (QED) is 0.870. The van der Waals surface area contributed by atoms with Crippen LogP contribution >= 0.6 is 11.6 Å². The third-order valence-electron chi connectivity index (χ3n) is 4.60. The molecule has 2 aliphatic rings. The van der Waals surface area contributed by atoms with Gasteiger partial charge in [-0.05, 0) is 37.5 Å². The maximum Gasteiger partial charge on any atom is 0.416 e. The molecule has 3 rings (SSSR count). The third-order valence-corrected chi connectivity index (χ3v) is 7.07. The van der Waals surface area contributed by atoms with Crippen LogP contribution in [0.5, 0.6) is 0 Å². The first-order valence-electron chi connectivity index (χ1n) is 7.16. The number of benzene rings is 1. The maximum atomic E-state index is 12.8. The van der Waals surface area contributed by atoms with Crippen molar-refractivity contribution in [1.82, 2.24) is 4.31 Å². The van der Waals surface area contributed by atoms with Crippen molar-refractivity contribution in [2.75, 3.05) is 0 Å². The fraction of sp³-hybridized carbons (Fsp3) is 0.500. The average Bonchev–Trinajstić information content (AvgIpc) is 3.04. The first-order valence-corrected chi connectivity index (χ1v) is 8.98. The smallest absolute Gasteiger partial charge is 0.416 e. The number of carbonyl (C=O) groups is 1. The van der Waals surface area contributed by atoms with E-state index in [2.05, 4.69) is 0 Å². The summed E-state index contributed by atoms with van der Waals surface area (Å²) in [7, 11) is -4.16. The van der Waals surface area contributed by atoms with Gasteiger partial charge in [-0.2, -0.15) is 17.5 Å². The maximum absolute atomic E-state index is 12.8. The Kier molecular flexibility index (Phi) is 4.09. The van der Waals surface area contributed by atoms with Gasteiger partial charge in [0.25, 0.3) is 0 Å². The number of fused-ring (bicyclic) bond motifs is 2. The zero-order chi connectivity index (χ0) is 17.9. The largest absolute Gasteiger partial charge is 0.481 e. The number of alkyl halides is 3. The summed E-state index contributed by atoms with van der Waals surface area (Å²) in [5.74, 6) is -1.87. The van der Waals surface area contributed by atoms with Crippen LogP contribution in [0.1, 0.15) is 24.8 Å². The number of hydrogen-bond donors (Lipinski definition) is 1. The number of rotatable bonds is 3. The second-order valence-electron chi connectivity index (χ2n) is 5.96. The van der Waals surface area contributed by atoms with Crippen molar-refractivity contribution in [3.63, 3.8) is 0 Å². The molecular formula is C14H13ClF3NO4S. The highest BCUT2D eigenvalue weighted by Gasteiger charge is 2.54. The molecule has 2 aliphatic heterocycles. The summed E-state index contributed by atoms with van der Waals surface area (Å²) >= 11 is 5.79. The molecule has 0 radical (unpaired) electrons. The number of aliphatic carboxylic acids is 1. The minimum atomic E-state index is -4.63. The Labute approximate surface area is 141 Å². The number of carboxylic acids is 1. The van der Waals surface area contributed by atoms with Crippen LogP contribution in [0.15, 0.2) is 23.1 Å². The molecule has 0 amide bonds. The van der Waals surface area contributed by atoms with Gasteiger partial charge in [-0.25, -0.2) is 8.42 Å². The van der Waals surface area contributed by atoms with Gasteiger partial charge >= 0.3 is 12.1 Å². The van der Waals surface area contributed by atoms with E-state index in [1.165, 1.54) is 0 Å². The van der Waals surface area contributed by atoms with Crippen molar-refractivity contribution >= 4 is 27.6 Å². The Morgan fingerprint density at radius 1 is 1.29 bits per heavy atom. The highest BCUT2D eigenvalue weighted by Crippen LogP contribution is 2.46. The summed E-state index contributed by atoms with van der Waals surface area (Å²) in [5.41, 5.74) is -1.04. The molecule has 3 atom stereocenters. The van der Waals surface area contributed by atoms with Crippen LogP contribution in [-0.2, 0) is 21.0 Å². The highest BCUT2D eigenvalue weighted by atomic mass is 35.5. The van der Waals surface area contributed by atoms with E-state index < -0.39 is 55.7 Å². The first kappa shape index (κ1) is 17.5. The van der Waals surface area contributed by atoms with E-state index in [-0.39, 0.29) is 6.42 Å².